The Morgan fingerprint density at radius 3 is 2.63 bits per heavy atom. The van der Waals surface area contributed by atoms with Crippen molar-refractivity contribution in [2.75, 3.05) is 13.2 Å². The summed E-state index contributed by atoms with van der Waals surface area (Å²) < 4.78 is 46.2. The second-order valence-electron chi connectivity index (χ2n) is 5.76. The third-order valence-electron chi connectivity index (χ3n) is 3.53. The topological polar surface area (TPSA) is 73.3 Å². The molecule has 0 radical (unpaired) electrons. The second kappa shape index (κ2) is 9.20. The smallest absolute Gasteiger partial charge is 0.422 e. The van der Waals surface area contributed by atoms with Crippen molar-refractivity contribution >= 4 is 5.91 Å². The van der Waals surface area contributed by atoms with E-state index in [0.717, 1.165) is 18.2 Å². The van der Waals surface area contributed by atoms with Gasteiger partial charge in [0.2, 0.25) is 5.88 Å². The Bertz CT molecular complexity index is 752. The van der Waals surface area contributed by atoms with Gasteiger partial charge < -0.3 is 14.8 Å². The lowest BCUT2D eigenvalue weighted by atomic mass is 10.2. The Balaban J connectivity index is 1.83. The molecule has 0 saturated carbocycles. The van der Waals surface area contributed by atoms with Gasteiger partial charge in [-0.05, 0) is 31.0 Å². The molecule has 0 spiro atoms. The highest BCUT2D eigenvalue weighted by atomic mass is 19.4. The van der Waals surface area contributed by atoms with Crippen molar-refractivity contribution in [3.05, 3.63) is 47.9 Å². The minimum Gasteiger partial charge on any atom is -0.484 e. The van der Waals surface area contributed by atoms with Crippen molar-refractivity contribution in [3.63, 3.8) is 0 Å². The molecule has 9 heteroatoms. The molecule has 27 heavy (non-hydrogen) atoms. The van der Waals surface area contributed by atoms with Gasteiger partial charge in [0, 0.05) is 0 Å². The normalized spacial score (nSPS) is 12.3. The number of alkyl halides is 3. The van der Waals surface area contributed by atoms with Gasteiger partial charge in [-0.15, -0.1) is 0 Å². The van der Waals surface area contributed by atoms with Crippen LogP contribution < -0.4 is 14.8 Å². The van der Waals surface area contributed by atoms with E-state index in [1.165, 1.54) is 6.20 Å². The standard InChI is InChI=1S/C18H20F3N3O3/c1-3-13-5-4-6-14(7-13)26-10-16(25)24-12(2)15-8-23-17(9-22-15)27-11-18(19,20)21/h4-9,12H,3,10-11H2,1-2H3,(H,24,25). The summed E-state index contributed by atoms with van der Waals surface area (Å²) >= 11 is 0. The van der Waals surface area contributed by atoms with Gasteiger partial charge in [0.1, 0.15) is 5.75 Å². The first-order valence-electron chi connectivity index (χ1n) is 8.29. The van der Waals surface area contributed by atoms with Gasteiger partial charge in [0.25, 0.3) is 5.91 Å². The third kappa shape index (κ3) is 7.12. The van der Waals surface area contributed by atoms with Gasteiger partial charge in [-0.25, -0.2) is 4.98 Å². The highest BCUT2D eigenvalue weighted by Crippen LogP contribution is 2.17. The fourth-order valence-corrected chi connectivity index (χ4v) is 2.14. The van der Waals surface area contributed by atoms with Crippen LogP contribution in [0, 0.1) is 0 Å². The van der Waals surface area contributed by atoms with Gasteiger partial charge >= 0.3 is 6.18 Å². The number of hydrogen-bond donors (Lipinski definition) is 1. The lowest BCUT2D eigenvalue weighted by Crippen LogP contribution is -2.31. The maximum absolute atomic E-state index is 12.1. The minimum atomic E-state index is -4.45. The Morgan fingerprint density at radius 2 is 2.00 bits per heavy atom. The molecule has 0 fully saturated rings. The Morgan fingerprint density at radius 1 is 1.22 bits per heavy atom. The van der Waals surface area contributed by atoms with E-state index in [-0.39, 0.29) is 18.4 Å². The summed E-state index contributed by atoms with van der Waals surface area (Å²) in [6, 6.07) is 6.96. The van der Waals surface area contributed by atoms with Gasteiger partial charge in [-0.3, -0.25) is 9.78 Å². The van der Waals surface area contributed by atoms with E-state index in [0.29, 0.717) is 11.4 Å². The molecular weight excluding hydrogens is 363 g/mol. The predicted molar refractivity (Wildman–Crippen MR) is 91.5 cm³/mol. The number of benzene rings is 1. The molecule has 1 aromatic carbocycles. The van der Waals surface area contributed by atoms with E-state index in [2.05, 4.69) is 20.0 Å². The number of amides is 1. The summed E-state index contributed by atoms with van der Waals surface area (Å²) in [5.41, 5.74) is 1.49. The number of ether oxygens (including phenoxy) is 2. The maximum atomic E-state index is 12.1. The molecule has 1 unspecified atom stereocenters. The number of hydrogen-bond acceptors (Lipinski definition) is 5. The van der Waals surface area contributed by atoms with E-state index in [1.807, 2.05) is 25.1 Å². The van der Waals surface area contributed by atoms with Gasteiger partial charge in [-0.1, -0.05) is 19.1 Å². The lowest BCUT2D eigenvalue weighted by Gasteiger charge is -2.14. The molecular formula is C18H20F3N3O3. The SMILES string of the molecule is CCc1cccc(OCC(=O)NC(C)c2cnc(OCC(F)(F)F)cn2)c1. The Labute approximate surface area is 154 Å². The zero-order valence-corrected chi connectivity index (χ0v) is 14.9. The van der Waals surface area contributed by atoms with E-state index >= 15 is 0 Å². The lowest BCUT2D eigenvalue weighted by molar-refractivity contribution is -0.154. The molecule has 1 N–H and O–H groups in total. The molecule has 0 aliphatic carbocycles. The second-order valence-corrected chi connectivity index (χ2v) is 5.76. The summed E-state index contributed by atoms with van der Waals surface area (Å²) in [4.78, 5) is 19.7. The van der Waals surface area contributed by atoms with Crippen molar-refractivity contribution in [1.29, 1.82) is 0 Å². The highest BCUT2D eigenvalue weighted by molar-refractivity contribution is 5.77. The maximum Gasteiger partial charge on any atom is 0.422 e. The summed E-state index contributed by atoms with van der Waals surface area (Å²) in [6.07, 6.45) is -1.25. The zero-order chi connectivity index (χ0) is 19.9. The van der Waals surface area contributed by atoms with Crippen LogP contribution in [0.25, 0.3) is 0 Å². The van der Waals surface area contributed by atoms with Crippen LogP contribution in [0.15, 0.2) is 36.7 Å². The first-order chi connectivity index (χ1) is 12.8. The zero-order valence-electron chi connectivity index (χ0n) is 14.9. The van der Waals surface area contributed by atoms with Crippen LogP contribution in [0.1, 0.15) is 31.1 Å². The molecule has 1 heterocycles. The van der Waals surface area contributed by atoms with Gasteiger partial charge in [-0.2, -0.15) is 13.2 Å². The average Bonchev–Trinajstić information content (AvgIpc) is 2.64. The quantitative estimate of drug-likeness (QED) is 0.758. The fourth-order valence-electron chi connectivity index (χ4n) is 2.14. The summed E-state index contributed by atoms with van der Waals surface area (Å²) in [7, 11) is 0. The summed E-state index contributed by atoms with van der Waals surface area (Å²) in [5.74, 6) is 0.000418. The van der Waals surface area contributed by atoms with Crippen molar-refractivity contribution in [2.24, 2.45) is 0 Å². The molecule has 2 rings (SSSR count). The third-order valence-corrected chi connectivity index (χ3v) is 3.53. The van der Waals surface area contributed by atoms with Crippen LogP contribution in [-0.2, 0) is 11.2 Å². The number of aromatic nitrogens is 2. The van der Waals surface area contributed by atoms with E-state index in [9.17, 15) is 18.0 Å². The van der Waals surface area contributed by atoms with Crippen LogP contribution in [0.4, 0.5) is 13.2 Å². The molecule has 1 amide bonds. The molecule has 1 atom stereocenters. The van der Waals surface area contributed by atoms with Crippen LogP contribution in [0.3, 0.4) is 0 Å². The van der Waals surface area contributed by atoms with Crippen molar-refractivity contribution in [2.45, 2.75) is 32.5 Å². The number of halogens is 3. The molecule has 0 aliphatic rings. The first kappa shape index (κ1) is 20.5. The number of carbonyl (C=O) groups is 1. The van der Waals surface area contributed by atoms with Crippen molar-refractivity contribution in [3.8, 4) is 11.6 Å². The molecule has 6 nitrogen and oxygen atoms in total. The van der Waals surface area contributed by atoms with Crippen molar-refractivity contribution < 1.29 is 27.4 Å². The van der Waals surface area contributed by atoms with Crippen LogP contribution in [-0.4, -0.2) is 35.3 Å². The molecule has 0 bridgehead atoms. The van der Waals surface area contributed by atoms with Crippen LogP contribution >= 0.6 is 0 Å². The van der Waals surface area contributed by atoms with Crippen LogP contribution in [0.2, 0.25) is 0 Å². The highest BCUT2D eigenvalue weighted by Gasteiger charge is 2.28. The summed E-state index contributed by atoms with van der Waals surface area (Å²) in [6.45, 7) is 2.09. The molecule has 146 valence electrons. The van der Waals surface area contributed by atoms with E-state index < -0.39 is 18.8 Å². The minimum absolute atomic E-state index is 0.169. The molecule has 2 aromatic rings. The van der Waals surface area contributed by atoms with E-state index in [4.69, 9.17) is 4.74 Å². The van der Waals surface area contributed by atoms with Crippen LogP contribution in [0.5, 0.6) is 11.6 Å². The molecule has 0 saturated heterocycles. The first-order valence-corrected chi connectivity index (χ1v) is 8.29. The fraction of sp³-hybridized carbons (Fsp3) is 0.389. The van der Waals surface area contributed by atoms with Gasteiger partial charge in [0.15, 0.2) is 13.2 Å². The Hall–Kier alpha value is -2.84. The summed E-state index contributed by atoms with van der Waals surface area (Å²) in [5, 5.41) is 2.68. The largest absolute Gasteiger partial charge is 0.484 e. The average molecular weight is 383 g/mol. The number of nitrogens with one attached hydrogen (secondary N) is 1. The number of aryl methyl sites for hydroxylation is 1. The number of carbonyl (C=O) groups excluding carboxylic acids is 1. The number of rotatable bonds is 8. The predicted octanol–water partition coefficient (Wildman–Crippen LogP) is 3.24. The monoisotopic (exact) mass is 383 g/mol. The number of nitrogens with zero attached hydrogens (tertiary/aromatic N) is 2. The van der Waals surface area contributed by atoms with Crippen molar-refractivity contribution in [1.82, 2.24) is 15.3 Å². The molecule has 1 aromatic heterocycles. The van der Waals surface area contributed by atoms with E-state index in [1.54, 1.807) is 13.0 Å². The molecule has 0 aliphatic heterocycles. The van der Waals surface area contributed by atoms with Gasteiger partial charge in [0.05, 0.1) is 24.1 Å². The Kier molecular flexibility index (Phi) is 6.98.